The third kappa shape index (κ3) is 3.01. The van der Waals surface area contributed by atoms with E-state index in [1.165, 1.54) is 0 Å². The van der Waals surface area contributed by atoms with Crippen LogP contribution < -0.4 is 10.2 Å². The summed E-state index contributed by atoms with van der Waals surface area (Å²) in [6.07, 6.45) is -6.17. The quantitative estimate of drug-likeness (QED) is 0.886. The smallest absolute Gasteiger partial charge is 0.382 e. The lowest BCUT2D eigenvalue weighted by atomic mass is 9.96. The maximum Gasteiger partial charge on any atom is 0.416 e. The van der Waals surface area contributed by atoms with Crippen molar-refractivity contribution in [2.24, 2.45) is 0 Å². The molecule has 0 aromatic heterocycles. The van der Waals surface area contributed by atoms with Gasteiger partial charge in [0.25, 0.3) is 0 Å². The number of benzene rings is 1. The van der Waals surface area contributed by atoms with Crippen LogP contribution in [0.3, 0.4) is 0 Å². The van der Waals surface area contributed by atoms with Crippen molar-refractivity contribution in [2.45, 2.75) is 24.7 Å². The number of nitrogens with one attached hydrogen (secondary N) is 1. The zero-order valence-corrected chi connectivity index (χ0v) is 10.6. The minimum absolute atomic E-state index is 0.149. The van der Waals surface area contributed by atoms with Crippen LogP contribution in [0.1, 0.15) is 18.0 Å². The van der Waals surface area contributed by atoms with E-state index in [-0.39, 0.29) is 6.04 Å². The first-order chi connectivity index (χ1) is 8.93. The molecule has 2 atom stereocenters. The summed E-state index contributed by atoms with van der Waals surface area (Å²) in [5.41, 5.74) is 1.74. The lowest BCUT2D eigenvalue weighted by Gasteiger charge is -2.37. The Morgan fingerprint density at radius 3 is 2.74 bits per heavy atom. The minimum Gasteiger partial charge on any atom is -0.382 e. The lowest BCUT2D eigenvalue weighted by Crippen LogP contribution is -2.44. The van der Waals surface area contributed by atoms with Gasteiger partial charge in [0, 0.05) is 18.3 Å². The number of β-amino-alcohol motifs (C(OH)–C–C–N with tert-alkyl or cyclic N) is 1. The van der Waals surface area contributed by atoms with Gasteiger partial charge < -0.3 is 15.3 Å². The van der Waals surface area contributed by atoms with E-state index in [4.69, 9.17) is 0 Å². The Bertz CT molecular complexity index is 436. The summed E-state index contributed by atoms with van der Waals surface area (Å²) in [7, 11) is 1.83. The van der Waals surface area contributed by atoms with Crippen molar-refractivity contribution in [3.8, 4) is 0 Å². The molecular weight excluding hydrogens is 257 g/mol. The minimum atomic E-state index is -4.57. The summed E-state index contributed by atoms with van der Waals surface area (Å²) in [4.78, 5) is 1.60. The van der Waals surface area contributed by atoms with E-state index < -0.39 is 18.8 Å². The molecule has 1 heterocycles. The fourth-order valence-electron chi connectivity index (χ4n) is 2.43. The molecule has 0 spiro atoms. The number of hydrogen-bond acceptors (Lipinski definition) is 3. The van der Waals surface area contributed by atoms with Gasteiger partial charge in [0.2, 0.25) is 0 Å². The number of para-hydroxylation sites is 1. The van der Waals surface area contributed by atoms with Crippen molar-refractivity contribution in [1.29, 1.82) is 0 Å². The number of aliphatic hydroxyl groups excluding tert-OH is 1. The highest BCUT2D eigenvalue weighted by molar-refractivity contribution is 5.57. The average molecular weight is 274 g/mol. The molecule has 2 rings (SSSR count). The Balaban J connectivity index is 2.20. The van der Waals surface area contributed by atoms with Crippen LogP contribution in [-0.4, -0.2) is 37.5 Å². The highest BCUT2D eigenvalue weighted by atomic mass is 19.4. The molecule has 0 aliphatic carbocycles. The van der Waals surface area contributed by atoms with Crippen LogP contribution in [0.25, 0.3) is 0 Å². The number of nitrogens with zero attached hydrogens (tertiary/aromatic N) is 1. The van der Waals surface area contributed by atoms with Crippen molar-refractivity contribution in [3.63, 3.8) is 0 Å². The molecule has 19 heavy (non-hydrogen) atoms. The molecule has 0 saturated carbocycles. The molecule has 1 aliphatic rings. The Morgan fingerprint density at radius 1 is 1.42 bits per heavy atom. The SMILES string of the molecule is CNC1CCN(CC(O)C(F)(F)F)c2ccccc21. The van der Waals surface area contributed by atoms with E-state index in [9.17, 15) is 18.3 Å². The Morgan fingerprint density at radius 2 is 2.11 bits per heavy atom. The van der Waals surface area contributed by atoms with Gasteiger partial charge >= 0.3 is 6.18 Å². The average Bonchev–Trinajstić information content (AvgIpc) is 2.38. The molecule has 0 bridgehead atoms. The third-order valence-electron chi connectivity index (χ3n) is 3.46. The van der Waals surface area contributed by atoms with E-state index in [2.05, 4.69) is 5.32 Å². The Labute approximate surface area is 110 Å². The van der Waals surface area contributed by atoms with Gasteiger partial charge in [-0.25, -0.2) is 0 Å². The zero-order valence-electron chi connectivity index (χ0n) is 10.6. The van der Waals surface area contributed by atoms with E-state index in [1.807, 2.05) is 19.2 Å². The number of halogens is 3. The second kappa shape index (κ2) is 5.38. The molecule has 1 aromatic rings. The summed E-state index contributed by atoms with van der Waals surface area (Å²) < 4.78 is 37.3. The first-order valence-electron chi connectivity index (χ1n) is 6.19. The molecule has 106 valence electrons. The summed E-state index contributed by atoms with van der Waals surface area (Å²) in [5, 5.41) is 12.4. The first kappa shape index (κ1) is 14.1. The van der Waals surface area contributed by atoms with Crippen LogP contribution in [-0.2, 0) is 0 Å². The first-order valence-corrected chi connectivity index (χ1v) is 6.19. The summed E-state index contributed by atoms with van der Waals surface area (Å²) in [6.45, 7) is 0.0760. The molecule has 0 fully saturated rings. The largest absolute Gasteiger partial charge is 0.416 e. The number of alkyl halides is 3. The van der Waals surface area contributed by atoms with E-state index in [0.717, 1.165) is 17.7 Å². The predicted molar refractivity (Wildman–Crippen MR) is 67.1 cm³/mol. The molecule has 1 aliphatic heterocycles. The summed E-state index contributed by atoms with van der Waals surface area (Å²) >= 11 is 0. The molecule has 0 amide bonds. The molecular formula is C13H17F3N2O. The van der Waals surface area contributed by atoms with Crippen LogP contribution in [0, 0.1) is 0 Å². The standard InChI is InChI=1S/C13H17F3N2O/c1-17-10-6-7-18(8-12(19)13(14,15)16)11-5-3-2-4-9(10)11/h2-5,10,12,17,19H,6-8H2,1H3. The maximum atomic E-state index is 12.4. The van der Waals surface area contributed by atoms with Crippen molar-refractivity contribution >= 4 is 5.69 Å². The van der Waals surface area contributed by atoms with Crippen LogP contribution in [0.2, 0.25) is 0 Å². The highest BCUT2D eigenvalue weighted by Crippen LogP contribution is 2.34. The van der Waals surface area contributed by atoms with Gasteiger partial charge in [-0.15, -0.1) is 0 Å². The zero-order chi connectivity index (χ0) is 14.0. The highest BCUT2D eigenvalue weighted by Gasteiger charge is 2.40. The normalized spacial score (nSPS) is 21.1. The number of rotatable bonds is 3. The van der Waals surface area contributed by atoms with Gasteiger partial charge in [-0.05, 0) is 25.1 Å². The van der Waals surface area contributed by atoms with Crippen molar-refractivity contribution in [3.05, 3.63) is 29.8 Å². The fraction of sp³-hybridized carbons (Fsp3) is 0.538. The van der Waals surface area contributed by atoms with Crippen molar-refractivity contribution < 1.29 is 18.3 Å². The topological polar surface area (TPSA) is 35.5 Å². The van der Waals surface area contributed by atoms with Crippen LogP contribution in [0.4, 0.5) is 18.9 Å². The van der Waals surface area contributed by atoms with Gasteiger partial charge in [0.15, 0.2) is 6.10 Å². The van der Waals surface area contributed by atoms with Gasteiger partial charge in [-0.3, -0.25) is 0 Å². The van der Waals surface area contributed by atoms with Gasteiger partial charge in [0.05, 0.1) is 6.54 Å². The molecule has 0 saturated heterocycles. The van der Waals surface area contributed by atoms with Gasteiger partial charge in [-0.1, -0.05) is 18.2 Å². The van der Waals surface area contributed by atoms with Crippen LogP contribution in [0.5, 0.6) is 0 Å². The monoisotopic (exact) mass is 274 g/mol. The van der Waals surface area contributed by atoms with E-state index in [1.54, 1.807) is 17.0 Å². The van der Waals surface area contributed by atoms with Crippen LogP contribution >= 0.6 is 0 Å². The Kier molecular flexibility index (Phi) is 4.01. The second-order valence-corrected chi connectivity index (χ2v) is 4.69. The van der Waals surface area contributed by atoms with Crippen molar-refractivity contribution in [1.82, 2.24) is 5.32 Å². The van der Waals surface area contributed by atoms with Crippen LogP contribution in [0.15, 0.2) is 24.3 Å². The fourth-order valence-corrected chi connectivity index (χ4v) is 2.43. The molecule has 6 heteroatoms. The van der Waals surface area contributed by atoms with E-state index >= 15 is 0 Å². The Hall–Kier alpha value is -1.27. The number of fused-ring (bicyclic) bond motifs is 1. The molecule has 2 unspecified atom stereocenters. The lowest BCUT2D eigenvalue weighted by molar-refractivity contribution is -0.200. The molecule has 2 N–H and O–H groups in total. The number of anilines is 1. The van der Waals surface area contributed by atoms with Crippen molar-refractivity contribution in [2.75, 3.05) is 25.0 Å². The number of hydrogen-bond donors (Lipinski definition) is 2. The van der Waals surface area contributed by atoms with Gasteiger partial charge in [-0.2, -0.15) is 13.2 Å². The number of aliphatic hydroxyl groups is 1. The molecule has 1 aromatic carbocycles. The maximum absolute atomic E-state index is 12.4. The molecule has 3 nitrogen and oxygen atoms in total. The summed E-state index contributed by atoms with van der Waals surface area (Å²) in [5.74, 6) is 0. The third-order valence-corrected chi connectivity index (χ3v) is 3.46. The van der Waals surface area contributed by atoms with Gasteiger partial charge in [0.1, 0.15) is 0 Å². The second-order valence-electron chi connectivity index (χ2n) is 4.69. The van der Waals surface area contributed by atoms with E-state index in [0.29, 0.717) is 6.54 Å². The predicted octanol–water partition coefficient (Wildman–Crippen LogP) is 2.08. The summed E-state index contributed by atoms with van der Waals surface area (Å²) in [6, 6.07) is 7.51. The molecule has 0 radical (unpaired) electrons.